The van der Waals surface area contributed by atoms with E-state index in [4.69, 9.17) is 22.1 Å². The second kappa shape index (κ2) is 5.38. The van der Waals surface area contributed by atoms with Gasteiger partial charge in [0.2, 0.25) is 5.88 Å². The van der Waals surface area contributed by atoms with E-state index in [1.165, 1.54) is 5.56 Å². The molecule has 1 heterocycles. The maximum atomic E-state index is 6.18. The summed E-state index contributed by atoms with van der Waals surface area (Å²) in [7, 11) is 0. The standard InChI is InChI=1S/C14H15ClN2O/c1-9-4-3-5-12(10(9)2)18-14-13(15)11(8-16)6-7-17-14/h3-7H,8,16H2,1-2H3. The highest BCUT2D eigenvalue weighted by atomic mass is 35.5. The van der Waals surface area contributed by atoms with Crippen molar-refractivity contribution >= 4 is 11.6 Å². The number of pyridine rings is 1. The van der Waals surface area contributed by atoms with Gasteiger partial charge in [0.15, 0.2) is 0 Å². The second-order valence-corrected chi connectivity index (χ2v) is 4.47. The Morgan fingerprint density at radius 2 is 2.06 bits per heavy atom. The van der Waals surface area contributed by atoms with Gasteiger partial charge in [-0.25, -0.2) is 4.98 Å². The van der Waals surface area contributed by atoms with Gasteiger partial charge in [0.1, 0.15) is 10.8 Å². The lowest BCUT2D eigenvalue weighted by atomic mass is 10.1. The van der Waals surface area contributed by atoms with Gasteiger partial charge in [-0.3, -0.25) is 0 Å². The van der Waals surface area contributed by atoms with Gasteiger partial charge in [-0.15, -0.1) is 0 Å². The predicted molar refractivity (Wildman–Crippen MR) is 73.1 cm³/mol. The second-order valence-electron chi connectivity index (χ2n) is 4.09. The van der Waals surface area contributed by atoms with Crippen LogP contribution in [0.1, 0.15) is 16.7 Å². The van der Waals surface area contributed by atoms with Crippen LogP contribution in [0.15, 0.2) is 30.5 Å². The van der Waals surface area contributed by atoms with Crippen molar-refractivity contribution < 1.29 is 4.74 Å². The molecule has 0 saturated carbocycles. The predicted octanol–water partition coefficient (Wildman–Crippen LogP) is 3.60. The number of aromatic nitrogens is 1. The summed E-state index contributed by atoms with van der Waals surface area (Å²) in [6.45, 7) is 4.41. The molecule has 0 aliphatic rings. The highest BCUT2D eigenvalue weighted by molar-refractivity contribution is 6.32. The van der Waals surface area contributed by atoms with Crippen molar-refractivity contribution in [2.24, 2.45) is 5.73 Å². The first-order chi connectivity index (χ1) is 8.63. The first kappa shape index (κ1) is 12.9. The quantitative estimate of drug-likeness (QED) is 0.919. The van der Waals surface area contributed by atoms with E-state index in [-0.39, 0.29) is 0 Å². The number of ether oxygens (including phenoxy) is 1. The molecular weight excluding hydrogens is 248 g/mol. The van der Waals surface area contributed by atoms with Crippen molar-refractivity contribution in [3.63, 3.8) is 0 Å². The molecule has 0 aliphatic heterocycles. The van der Waals surface area contributed by atoms with Crippen LogP contribution >= 0.6 is 11.6 Å². The fourth-order valence-electron chi connectivity index (χ4n) is 1.63. The van der Waals surface area contributed by atoms with E-state index in [2.05, 4.69) is 4.98 Å². The minimum atomic E-state index is 0.366. The van der Waals surface area contributed by atoms with Crippen molar-refractivity contribution in [3.05, 3.63) is 52.2 Å². The van der Waals surface area contributed by atoms with Crippen molar-refractivity contribution in [1.29, 1.82) is 0 Å². The molecule has 0 saturated heterocycles. The van der Waals surface area contributed by atoms with E-state index >= 15 is 0 Å². The third-order valence-electron chi connectivity index (χ3n) is 2.92. The maximum absolute atomic E-state index is 6.18. The zero-order chi connectivity index (χ0) is 13.1. The van der Waals surface area contributed by atoms with Gasteiger partial charge >= 0.3 is 0 Å². The van der Waals surface area contributed by atoms with Gasteiger partial charge in [-0.05, 0) is 42.7 Å². The summed E-state index contributed by atoms with van der Waals surface area (Å²) in [6, 6.07) is 7.67. The van der Waals surface area contributed by atoms with Gasteiger partial charge in [-0.1, -0.05) is 23.7 Å². The van der Waals surface area contributed by atoms with Crippen LogP contribution in [0.4, 0.5) is 0 Å². The third-order valence-corrected chi connectivity index (χ3v) is 3.32. The summed E-state index contributed by atoms with van der Waals surface area (Å²) in [4.78, 5) is 4.14. The summed E-state index contributed by atoms with van der Waals surface area (Å²) in [5.74, 6) is 1.16. The Kier molecular flexibility index (Phi) is 3.84. The summed E-state index contributed by atoms with van der Waals surface area (Å²) in [5.41, 5.74) is 8.67. The number of aryl methyl sites for hydroxylation is 1. The van der Waals surface area contributed by atoms with Gasteiger partial charge in [0.05, 0.1) is 0 Å². The van der Waals surface area contributed by atoms with Crippen LogP contribution in [0.25, 0.3) is 0 Å². The van der Waals surface area contributed by atoms with Crippen LogP contribution in [-0.2, 0) is 6.54 Å². The molecule has 18 heavy (non-hydrogen) atoms. The number of nitrogens with zero attached hydrogens (tertiary/aromatic N) is 1. The molecule has 0 radical (unpaired) electrons. The highest BCUT2D eigenvalue weighted by Crippen LogP contribution is 2.31. The van der Waals surface area contributed by atoms with E-state index in [1.54, 1.807) is 12.3 Å². The first-order valence-electron chi connectivity index (χ1n) is 5.71. The van der Waals surface area contributed by atoms with E-state index in [9.17, 15) is 0 Å². The van der Waals surface area contributed by atoms with Crippen molar-refractivity contribution in [3.8, 4) is 11.6 Å². The van der Waals surface area contributed by atoms with E-state index < -0.39 is 0 Å². The summed E-state index contributed by atoms with van der Waals surface area (Å²) in [5, 5.41) is 0.473. The SMILES string of the molecule is Cc1cccc(Oc2nccc(CN)c2Cl)c1C. The lowest BCUT2D eigenvalue weighted by molar-refractivity contribution is 0.458. The molecule has 0 unspecified atom stereocenters. The van der Waals surface area contributed by atoms with Crippen LogP contribution < -0.4 is 10.5 Å². The average Bonchev–Trinajstić information content (AvgIpc) is 2.37. The largest absolute Gasteiger partial charge is 0.437 e. The van der Waals surface area contributed by atoms with Crippen LogP contribution in [0.5, 0.6) is 11.6 Å². The first-order valence-corrected chi connectivity index (χ1v) is 6.08. The third kappa shape index (κ3) is 2.47. The van der Waals surface area contributed by atoms with E-state index in [1.807, 2.05) is 32.0 Å². The molecule has 1 aromatic heterocycles. The molecule has 0 spiro atoms. The lowest BCUT2D eigenvalue weighted by Gasteiger charge is -2.12. The normalized spacial score (nSPS) is 10.4. The Morgan fingerprint density at radius 3 is 2.78 bits per heavy atom. The number of halogens is 1. The van der Waals surface area contributed by atoms with Crippen LogP contribution in [0, 0.1) is 13.8 Å². The molecule has 4 heteroatoms. The molecule has 0 bridgehead atoms. The average molecular weight is 263 g/mol. The van der Waals surface area contributed by atoms with Crippen LogP contribution in [0.2, 0.25) is 5.02 Å². The van der Waals surface area contributed by atoms with Gasteiger partial charge in [-0.2, -0.15) is 0 Å². The molecule has 2 rings (SSSR count). The molecule has 0 fully saturated rings. The number of hydrogen-bond donors (Lipinski definition) is 1. The van der Waals surface area contributed by atoms with Crippen LogP contribution in [0.3, 0.4) is 0 Å². The Balaban J connectivity index is 2.37. The zero-order valence-corrected chi connectivity index (χ0v) is 11.2. The molecule has 1 aromatic carbocycles. The van der Waals surface area contributed by atoms with Crippen molar-refractivity contribution in [1.82, 2.24) is 4.98 Å². The topological polar surface area (TPSA) is 48.1 Å². The Labute approximate surface area is 112 Å². The van der Waals surface area contributed by atoms with Gasteiger partial charge in [0, 0.05) is 12.7 Å². The summed E-state index contributed by atoms with van der Waals surface area (Å²) in [6.07, 6.45) is 1.65. The number of nitrogens with two attached hydrogens (primary N) is 1. The van der Waals surface area contributed by atoms with E-state index in [0.717, 1.165) is 16.9 Å². The minimum Gasteiger partial charge on any atom is -0.437 e. The molecule has 0 atom stereocenters. The monoisotopic (exact) mass is 262 g/mol. The molecule has 2 N–H and O–H groups in total. The minimum absolute atomic E-state index is 0.366. The summed E-state index contributed by atoms with van der Waals surface area (Å²) < 4.78 is 5.76. The summed E-state index contributed by atoms with van der Waals surface area (Å²) >= 11 is 6.18. The molecular formula is C14H15ClN2O. The fraction of sp³-hybridized carbons (Fsp3) is 0.214. The zero-order valence-electron chi connectivity index (χ0n) is 10.4. The number of benzene rings is 1. The molecule has 3 nitrogen and oxygen atoms in total. The number of hydrogen-bond acceptors (Lipinski definition) is 3. The lowest BCUT2D eigenvalue weighted by Crippen LogP contribution is -2.00. The van der Waals surface area contributed by atoms with Crippen molar-refractivity contribution in [2.45, 2.75) is 20.4 Å². The highest BCUT2D eigenvalue weighted by Gasteiger charge is 2.10. The Bertz CT molecular complexity index is 570. The van der Waals surface area contributed by atoms with Crippen molar-refractivity contribution in [2.75, 3.05) is 0 Å². The van der Waals surface area contributed by atoms with E-state index in [0.29, 0.717) is 17.4 Å². The van der Waals surface area contributed by atoms with Gasteiger partial charge in [0.25, 0.3) is 0 Å². The fourth-order valence-corrected chi connectivity index (χ4v) is 1.86. The molecule has 0 amide bonds. The molecule has 0 aliphatic carbocycles. The van der Waals surface area contributed by atoms with Gasteiger partial charge < -0.3 is 10.5 Å². The number of rotatable bonds is 3. The Morgan fingerprint density at radius 1 is 1.28 bits per heavy atom. The molecule has 2 aromatic rings. The molecule has 94 valence electrons. The Hall–Kier alpha value is -1.58. The smallest absolute Gasteiger partial charge is 0.238 e. The van der Waals surface area contributed by atoms with Crippen LogP contribution in [-0.4, -0.2) is 4.98 Å². The maximum Gasteiger partial charge on any atom is 0.238 e.